The van der Waals surface area contributed by atoms with Gasteiger partial charge in [-0.3, -0.25) is 4.99 Å². The Hall–Kier alpha value is -1.57. The van der Waals surface area contributed by atoms with Gasteiger partial charge in [0.05, 0.1) is 5.69 Å². The molecule has 0 unspecified atom stereocenters. The lowest BCUT2D eigenvalue weighted by atomic mass is 10.1. The molecule has 1 aromatic heterocycles. The van der Waals surface area contributed by atoms with Gasteiger partial charge in [0.2, 0.25) is 5.89 Å². The van der Waals surface area contributed by atoms with E-state index in [0.29, 0.717) is 24.8 Å². The van der Waals surface area contributed by atoms with E-state index in [1.165, 1.54) is 5.56 Å². The number of nitrogens with two attached hydrogens (primary N) is 1. The summed E-state index contributed by atoms with van der Waals surface area (Å²) < 4.78 is 5.52. The van der Waals surface area contributed by atoms with Crippen molar-refractivity contribution in [1.82, 2.24) is 10.3 Å². The van der Waals surface area contributed by atoms with E-state index >= 15 is 0 Å². The summed E-state index contributed by atoms with van der Waals surface area (Å²) in [7, 11) is 0. The second kappa shape index (κ2) is 8.33. The van der Waals surface area contributed by atoms with Crippen LogP contribution < -0.4 is 11.1 Å². The van der Waals surface area contributed by atoms with Crippen molar-refractivity contribution in [2.45, 2.75) is 39.7 Å². The number of hydrogen-bond acceptors (Lipinski definition) is 3. The number of aliphatic imine (C=N–C) groups is 1. The number of guanidine groups is 1. The molecule has 0 aliphatic heterocycles. The highest BCUT2D eigenvalue weighted by molar-refractivity contribution is 14.0. The fourth-order valence-electron chi connectivity index (χ4n) is 1.97. The standard InChI is InChI=1S/C17H24N4O.HI/c1-12-5-7-13(8-6-12)15-20-14(11-22-15)9-10-19-16(18)21-17(2,3)4;/h5-8,11H,9-10H2,1-4H3,(H3,18,19,21);1H. The number of aromatic nitrogens is 1. The van der Waals surface area contributed by atoms with Gasteiger partial charge < -0.3 is 15.5 Å². The van der Waals surface area contributed by atoms with Gasteiger partial charge in [-0.2, -0.15) is 0 Å². The van der Waals surface area contributed by atoms with Gasteiger partial charge in [-0.1, -0.05) is 17.7 Å². The maximum absolute atomic E-state index is 5.83. The average molecular weight is 428 g/mol. The van der Waals surface area contributed by atoms with Crippen molar-refractivity contribution in [1.29, 1.82) is 0 Å². The zero-order chi connectivity index (χ0) is 16.2. The van der Waals surface area contributed by atoms with Crippen LogP contribution in [0.5, 0.6) is 0 Å². The van der Waals surface area contributed by atoms with Gasteiger partial charge in [0.25, 0.3) is 0 Å². The number of nitrogens with one attached hydrogen (secondary N) is 1. The molecule has 0 bridgehead atoms. The molecule has 0 saturated carbocycles. The number of benzene rings is 1. The first kappa shape index (κ1) is 19.5. The van der Waals surface area contributed by atoms with Crippen molar-refractivity contribution in [3.05, 3.63) is 41.8 Å². The number of nitrogens with zero attached hydrogens (tertiary/aromatic N) is 2. The molecule has 23 heavy (non-hydrogen) atoms. The lowest BCUT2D eigenvalue weighted by Gasteiger charge is -2.20. The molecular weight excluding hydrogens is 403 g/mol. The van der Waals surface area contributed by atoms with Crippen molar-refractivity contribution in [2.24, 2.45) is 10.7 Å². The summed E-state index contributed by atoms with van der Waals surface area (Å²) in [6.07, 6.45) is 2.37. The minimum Gasteiger partial charge on any atom is -0.444 e. The highest BCUT2D eigenvalue weighted by Gasteiger charge is 2.10. The van der Waals surface area contributed by atoms with Gasteiger partial charge in [0, 0.05) is 24.1 Å². The molecule has 2 rings (SSSR count). The van der Waals surface area contributed by atoms with Crippen LogP contribution in [0.25, 0.3) is 11.5 Å². The van der Waals surface area contributed by atoms with Gasteiger partial charge in [-0.25, -0.2) is 4.98 Å². The Bertz CT molecular complexity index is 641. The molecule has 0 saturated heterocycles. The first-order chi connectivity index (χ1) is 10.3. The number of oxazole rings is 1. The second-order valence-corrected chi connectivity index (χ2v) is 6.40. The summed E-state index contributed by atoms with van der Waals surface area (Å²) in [5, 5.41) is 3.13. The molecule has 5 nitrogen and oxygen atoms in total. The maximum Gasteiger partial charge on any atom is 0.226 e. The smallest absolute Gasteiger partial charge is 0.226 e. The highest BCUT2D eigenvalue weighted by atomic mass is 127. The summed E-state index contributed by atoms with van der Waals surface area (Å²) in [4.78, 5) is 8.78. The minimum atomic E-state index is -0.0833. The predicted octanol–water partition coefficient (Wildman–Crippen LogP) is 3.51. The topological polar surface area (TPSA) is 76.4 Å². The van der Waals surface area contributed by atoms with E-state index in [4.69, 9.17) is 10.2 Å². The van der Waals surface area contributed by atoms with Crippen LogP contribution in [0.4, 0.5) is 0 Å². The Balaban J connectivity index is 0.00000264. The van der Waals surface area contributed by atoms with Crippen molar-refractivity contribution in [3.8, 4) is 11.5 Å². The Kier molecular flexibility index (Phi) is 7.05. The summed E-state index contributed by atoms with van der Waals surface area (Å²) in [6, 6.07) is 8.10. The van der Waals surface area contributed by atoms with Crippen LogP contribution in [0.1, 0.15) is 32.0 Å². The van der Waals surface area contributed by atoms with E-state index in [1.54, 1.807) is 6.26 Å². The number of aryl methyl sites for hydroxylation is 1. The van der Waals surface area contributed by atoms with Gasteiger partial charge in [0.15, 0.2) is 5.96 Å². The second-order valence-electron chi connectivity index (χ2n) is 6.40. The van der Waals surface area contributed by atoms with E-state index in [-0.39, 0.29) is 29.5 Å². The van der Waals surface area contributed by atoms with Gasteiger partial charge >= 0.3 is 0 Å². The Labute approximate surface area is 154 Å². The molecule has 2 aromatic rings. The molecule has 0 fully saturated rings. The molecule has 3 N–H and O–H groups in total. The molecule has 126 valence electrons. The van der Waals surface area contributed by atoms with Crippen molar-refractivity contribution in [3.63, 3.8) is 0 Å². The third-order valence-electron chi connectivity index (χ3n) is 3.00. The first-order valence-corrected chi connectivity index (χ1v) is 7.43. The number of rotatable bonds is 4. The molecule has 6 heteroatoms. The Morgan fingerprint density at radius 3 is 2.52 bits per heavy atom. The van der Waals surface area contributed by atoms with E-state index in [1.807, 2.05) is 45.0 Å². The van der Waals surface area contributed by atoms with Crippen LogP contribution in [0.15, 0.2) is 39.9 Å². The fraction of sp³-hybridized carbons (Fsp3) is 0.412. The minimum absolute atomic E-state index is 0. The van der Waals surface area contributed by atoms with Crippen LogP contribution in [-0.2, 0) is 6.42 Å². The van der Waals surface area contributed by atoms with Crippen LogP contribution in [0.2, 0.25) is 0 Å². The van der Waals surface area contributed by atoms with Crippen LogP contribution >= 0.6 is 24.0 Å². The normalized spacial score (nSPS) is 11.9. The molecule has 0 spiro atoms. The molecular formula is C17H25IN4O. The number of hydrogen-bond donors (Lipinski definition) is 2. The summed E-state index contributed by atoms with van der Waals surface area (Å²) in [5.74, 6) is 1.09. The zero-order valence-corrected chi connectivity index (χ0v) is 16.4. The van der Waals surface area contributed by atoms with Crippen LogP contribution in [0, 0.1) is 6.92 Å². The van der Waals surface area contributed by atoms with E-state index in [2.05, 4.69) is 22.2 Å². The molecule has 0 aliphatic rings. The van der Waals surface area contributed by atoms with Crippen molar-refractivity contribution >= 4 is 29.9 Å². The van der Waals surface area contributed by atoms with E-state index < -0.39 is 0 Å². The maximum atomic E-state index is 5.83. The van der Waals surface area contributed by atoms with Gasteiger partial charge in [-0.05, 0) is 39.8 Å². The molecule has 0 atom stereocenters. The molecule has 1 heterocycles. The van der Waals surface area contributed by atoms with Crippen LogP contribution in [-0.4, -0.2) is 23.0 Å². The zero-order valence-electron chi connectivity index (χ0n) is 14.1. The molecule has 1 aromatic carbocycles. The third kappa shape index (κ3) is 6.60. The fourth-order valence-corrected chi connectivity index (χ4v) is 1.97. The SMILES string of the molecule is Cc1ccc(-c2nc(CCN=C(N)NC(C)(C)C)co2)cc1.I. The van der Waals surface area contributed by atoms with E-state index in [9.17, 15) is 0 Å². The summed E-state index contributed by atoms with van der Waals surface area (Å²) in [6.45, 7) is 8.76. The number of halogens is 1. The monoisotopic (exact) mass is 428 g/mol. The third-order valence-corrected chi connectivity index (χ3v) is 3.00. The molecule has 0 aliphatic carbocycles. The lowest BCUT2D eigenvalue weighted by Crippen LogP contribution is -2.45. The highest BCUT2D eigenvalue weighted by Crippen LogP contribution is 2.19. The van der Waals surface area contributed by atoms with E-state index in [0.717, 1.165) is 11.3 Å². The largest absolute Gasteiger partial charge is 0.444 e. The summed E-state index contributed by atoms with van der Waals surface area (Å²) >= 11 is 0. The predicted molar refractivity (Wildman–Crippen MR) is 105 cm³/mol. The van der Waals surface area contributed by atoms with Crippen molar-refractivity contribution < 1.29 is 4.42 Å². The van der Waals surface area contributed by atoms with Gasteiger partial charge in [-0.15, -0.1) is 24.0 Å². The summed E-state index contributed by atoms with van der Waals surface area (Å²) in [5.41, 5.74) is 8.82. The van der Waals surface area contributed by atoms with Gasteiger partial charge in [0.1, 0.15) is 6.26 Å². The molecule has 0 amide bonds. The first-order valence-electron chi connectivity index (χ1n) is 7.43. The lowest BCUT2D eigenvalue weighted by molar-refractivity contribution is 0.508. The van der Waals surface area contributed by atoms with Crippen molar-refractivity contribution in [2.75, 3.05) is 6.54 Å². The quantitative estimate of drug-likeness (QED) is 0.444. The Morgan fingerprint density at radius 1 is 1.26 bits per heavy atom. The Morgan fingerprint density at radius 2 is 1.91 bits per heavy atom. The molecule has 0 radical (unpaired) electrons. The average Bonchev–Trinajstić information content (AvgIpc) is 2.86. The van der Waals surface area contributed by atoms with Crippen LogP contribution in [0.3, 0.4) is 0 Å².